The predicted molar refractivity (Wildman–Crippen MR) is 136 cm³/mol. The molecular formula is C23H45N5O10. The van der Waals surface area contributed by atoms with Crippen LogP contribution in [0.4, 0.5) is 0 Å². The molecule has 0 bridgehead atoms. The number of ether oxygens (including phenoxy) is 6. The zero-order valence-electron chi connectivity index (χ0n) is 22.3. The Hall–Kier alpha value is -2.40. The van der Waals surface area contributed by atoms with Gasteiger partial charge in [-0.15, -0.1) is 0 Å². The Balaban J connectivity index is 3.90. The zero-order chi connectivity index (χ0) is 28.3. The summed E-state index contributed by atoms with van der Waals surface area (Å²) in [4.78, 5) is 47.5. The van der Waals surface area contributed by atoms with Crippen LogP contribution in [0, 0.1) is 0 Å². The predicted octanol–water partition coefficient (Wildman–Crippen LogP) is -2.95. The number of esters is 1. The van der Waals surface area contributed by atoms with Crippen LogP contribution < -0.4 is 27.4 Å². The van der Waals surface area contributed by atoms with Gasteiger partial charge in [-0.05, 0) is 25.8 Å². The number of nitrogens with two attached hydrogens (primary N) is 2. The summed E-state index contributed by atoms with van der Waals surface area (Å²) in [6.45, 7) is 3.31. The van der Waals surface area contributed by atoms with E-state index in [4.69, 9.17) is 39.9 Å². The van der Waals surface area contributed by atoms with Crippen molar-refractivity contribution in [1.29, 1.82) is 0 Å². The monoisotopic (exact) mass is 551 g/mol. The number of rotatable bonds is 26. The minimum atomic E-state index is -0.889. The average molecular weight is 552 g/mol. The van der Waals surface area contributed by atoms with E-state index in [1.54, 1.807) is 7.11 Å². The van der Waals surface area contributed by atoms with E-state index >= 15 is 0 Å². The van der Waals surface area contributed by atoms with Crippen LogP contribution in [0.3, 0.4) is 0 Å². The number of nitrogens with one attached hydrogen (secondary N) is 3. The van der Waals surface area contributed by atoms with Crippen LogP contribution >= 0.6 is 0 Å². The van der Waals surface area contributed by atoms with Crippen molar-refractivity contribution in [2.75, 3.05) is 99.4 Å². The molecule has 0 saturated carbocycles. The molecule has 0 heterocycles. The molecule has 0 rings (SSSR count). The van der Waals surface area contributed by atoms with E-state index in [0.717, 1.165) is 0 Å². The summed E-state index contributed by atoms with van der Waals surface area (Å²) in [5, 5.41) is 7.29. The SMILES string of the molecule is COCCOCCOCCOCCOCCOC(=O)CNC(=O)C(CCCCN)NC(=O)CNC(=O)CN. The van der Waals surface area contributed by atoms with Crippen LogP contribution in [-0.2, 0) is 47.6 Å². The van der Waals surface area contributed by atoms with E-state index in [2.05, 4.69) is 16.0 Å². The Bertz CT molecular complexity index is 642. The lowest BCUT2D eigenvalue weighted by atomic mass is 10.1. The molecule has 222 valence electrons. The second kappa shape index (κ2) is 26.2. The normalized spacial score (nSPS) is 11.6. The smallest absolute Gasteiger partial charge is 0.325 e. The third-order valence-corrected chi connectivity index (χ3v) is 4.68. The first kappa shape index (κ1) is 35.6. The van der Waals surface area contributed by atoms with Crippen molar-refractivity contribution < 1.29 is 47.6 Å². The molecule has 0 aliphatic heterocycles. The second-order valence-corrected chi connectivity index (χ2v) is 7.77. The van der Waals surface area contributed by atoms with Crippen LogP contribution in [0.15, 0.2) is 0 Å². The lowest BCUT2D eigenvalue weighted by molar-refractivity contribution is -0.145. The topological polar surface area (TPSA) is 212 Å². The molecule has 1 atom stereocenters. The van der Waals surface area contributed by atoms with Gasteiger partial charge in [0.25, 0.3) is 0 Å². The van der Waals surface area contributed by atoms with Gasteiger partial charge in [0, 0.05) is 7.11 Å². The van der Waals surface area contributed by atoms with Crippen LogP contribution in [-0.4, -0.2) is 129 Å². The van der Waals surface area contributed by atoms with Crippen molar-refractivity contribution >= 4 is 23.7 Å². The fraction of sp³-hybridized carbons (Fsp3) is 0.826. The van der Waals surface area contributed by atoms with E-state index in [1.807, 2.05) is 0 Å². The summed E-state index contributed by atoms with van der Waals surface area (Å²) >= 11 is 0. The molecule has 3 amide bonds. The lowest BCUT2D eigenvalue weighted by Crippen LogP contribution is -2.50. The Morgan fingerprint density at radius 1 is 0.684 bits per heavy atom. The highest BCUT2D eigenvalue weighted by Gasteiger charge is 2.21. The Morgan fingerprint density at radius 2 is 1.24 bits per heavy atom. The van der Waals surface area contributed by atoms with E-state index < -0.39 is 29.7 Å². The van der Waals surface area contributed by atoms with Gasteiger partial charge in [-0.3, -0.25) is 19.2 Å². The standard InChI is InChI=1S/C23H45N5O10/c1-33-6-7-34-8-9-35-10-11-36-12-13-37-14-15-38-22(31)18-27-23(32)19(4-2-3-5-24)28-21(30)17-26-20(29)16-25/h19H,2-18,24-25H2,1H3,(H,26,29)(H,27,32)(H,28,30). The molecule has 0 aliphatic carbocycles. The van der Waals surface area contributed by atoms with Gasteiger partial charge in [0.2, 0.25) is 17.7 Å². The third-order valence-electron chi connectivity index (χ3n) is 4.68. The van der Waals surface area contributed by atoms with Crippen LogP contribution in [0.2, 0.25) is 0 Å². The molecule has 0 spiro atoms. The molecule has 7 N–H and O–H groups in total. The highest BCUT2D eigenvalue weighted by atomic mass is 16.6. The van der Waals surface area contributed by atoms with Gasteiger partial charge in [0.05, 0.1) is 72.6 Å². The number of carbonyl (C=O) groups is 4. The zero-order valence-corrected chi connectivity index (χ0v) is 22.3. The lowest BCUT2D eigenvalue weighted by Gasteiger charge is -2.18. The summed E-state index contributed by atoms with van der Waals surface area (Å²) in [5.41, 5.74) is 10.7. The fourth-order valence-electron chi connectivity index (χ4n) is 2.71. The summed E-state index contributed by atoms with van der Waals surface area (Å²) in [6, 6.07) is -0.889. The Labute approximate surface area is 223 Å². The second-order valence-electron chi connectivity index (χ2n) is 7.77. The molecule has 0 saturated heterocycles. The molecule has 0 aliphatic rings. The Kier molecular flexibility index (Phi) is 24.6. The molecular weight excluding hydrogens is 506 g/mol. The summed E-state index contributed by atoms with van der Waals surface area (Å²) < 4.78 is 31.2. The van der Waals surface area contributed by atoms with E-state index in [-0.39, 0.29) is 32.8 Å². The minimum Gasteiger partial charge on any atom is -0.462 e. The van der Waals surface area contributed by atoms with Crippen LogP contribution in [0.25, 0.3) is 0 Å². The molecule has 0 aromatic rings. The molecule has 0 fully saturated rings. The average Bonchev–Trinajstić information content (AvgIpc) is 2.91. The van der Waals surface area contributed by atoms with Gasteiger partial charge >= 0.3 is 5.97 Å². The van der Waals surface area contributed by atoms with Gasteiger partial charge in [-0.25, -0.2) is 0 Å². The molecule has 38 heavy (non-hydrogen) atoms. The number of carbonyl (C=O) groups excluding carboxylic acids is 4. The minimum absolute atomic E-state index is 0.0123. The third kappa shape index (κ3) is 22.8. The number of hydrogen-bond donors (Lipinski definition) is 5. The maximum atomic E-state index is 12.5. The maximum absolute atomic E-state index is 12.5. The van der Waals surface area contributed by atoms with Crippen molar-refractivity contribution in [2.45, 2.75) is 25.3 Å². The van der Waals surface area contributed by atoms with Crippen molar-refractivity contribution in [2.24, 2.45) is 11.5 Å². The fourth-order valence-corrected chi connectivity index (χ4v) is 2.71. The molecule has 15 nitrogen and oxygen atoms in total. The molecule has 0 aromatic heterocycles. The van der Waals surface area contributed by atoms with E-state index in [1.165, 1.54) is 0 Å². The number of hydrogen-bond acceptors (Lipinski definition) is 12. The maximum Gasteiger partial charge on any atom is 0.325 e. The largest absolute Gasteiger partial charge is 0.462 e. The highest BCUT2D eigenvalue weighted by molar-refractivity contribution is 5.91. The van der Waals surface area contributed by atoms with E-state index in [9.17, 15) is 19.2 Å². The van der Waals surface area contributed by atoms with Crippen molar-refractivity contribution in [3.05, 3.63) is 0 Å². The number of methoxy groups -OCH3 is 1. The summed E-state index contributed by atoms with van der Waals surface area (Å²) in [6.07, 6.45) is 1.57. The Morgan fingerprint density at radius 3 is 1.76 bits per heavy atom. The van der Waals surface area contributed by atoms with E-state index in [0.29, 0.717) is 78.7 Å². The van der Waals surface area contributed by atoms with Gasteiger partial charge in [-0.2, -0.15) is 0 Å². The first-order valence-corrected chi connectivity index (χ1v) is 12.6. The van der Waals surface area contributed by atoms with Crippen LogP contribution in [0.5, 0.6) is 0 Å². The van der Waals surface area contributed by atoms with Crippen molar-refractivity contribution in [3.8, 4) is 0 Å². The summed E-state index contributed by atoms with van der Waals surface area (Å²) in [7, 11) is 1.61. The summed E-state index contributed by atoms with van der Waals surface area (Å²) in [5.74, 6) is -2.25. The van der Waals surface area contributed by atoms with Crippen molar-refractivity contribution in [3.63, 3.8) is 0 Å². The van der Waals surface area contributed by atoms with Gasteiger partial charge in [0.15, 0.2) is 0 Å². The first-order chi connectivity index (χ1) is 18.4. The van der Waals surface area contributed by atoms with Crippen LogP contribution in [0.1, 0.15) is 19.3 Å². The number of amides is 3. The van der Waals surface area contributed by atoms with Gasteiger partial charge in [-0.1, -0.05) is 0 Å². The first-order valence-electron chi connectivity index (χ1n) is 12.6. The quantitative estimate of drug-likeness (QED) is 0.0539. The highest BCUT2D eigenvalue weighted by Crippen LogP contribution is 2.01. The van der Waals surface area contributed by atoms with Gasteiger partial charge in [0.1, 0.15) is 19.2 Å². The number of unbranched alkanes of at least 4 members (excludes halogenated alkanes) is 1. The van der Waals surface area contributed by atoms with Gasteiger partial charge < -0.3 is 55.8 Å². The molecule has 0 aromatic carbocycles. The molecule has 15 heteroatoms. The molecule has 0 radical (unpaired) electrons. The molecule has 1 unspecified atom stereocenters. The van der Waals surface area contributed by atoms with Crippen molar-refractivity contribution in [1.82, 2.24) is 16.0 Å².